The van der Waals surface area contributed by atoms with Crippen molar-refractivity contribution in [2.75, 3.05) is 0 Å². The van der Waals surface area contributed by atoms with E-state index in [1.807, 2.05) is 24.3 Å². The van der Waals surface area contributed by atoms with Crippen LogP contribution in [0.3, 0.4) is 0 Å². The number of hydrogen-bond donors (Lipinski definition) is 0. The number of carbonyl (C=O) groups is 1. The minimum absolute atomic E-state index is 0.280. The average Bonchev–Trinajstić information content (AvgIpc) is 2.82. The molecule has 1 fully saturated rings. The monoisotopic (exact) mass is 419 g/mol. The lowest BCUT2D eigenvalue weighted by Gasteiger charge is -2.21. The van der Waals surface area contributed by atoms with Crippen LogP contribution in [0.25, 0.3) is 0 Å². The maximum absolute atomic E-state index is 12.5. The standard InChI is InChI=1S/C29H39O2/c1-2-3-4-5-6-8-13-25-16-20-27(21-17-25)29(30)31-28-22-18-26(19-23-28)15-14-24-11-9-7-10-12-24/h7,16-24H,2-6,8-15H2,1H3. The van der Waals surface area contributed by atoms with Gasteiger partial charge >= 0.3 is 5.97 Å². The maximum Gasteiger partial charge on any atom is 0.343 e. The van der Waals surface area contributed by atoms with Crippen LogP contribution >= 0.6 is 0 Å². The Morgan fingerprint density at radius 2 is 1.42 bits per heavy atom. The number of unbranched alkanes of at least 4 members (excludes halogenated alkanes) is 5. The molecule has 3 rings (SSSR count). The van der Waals surface area contributed by atoms with Crippen LogP contribution in [0, 0.1) is 12.3 Å². The quantitative estimate of drug-likeness (QED) is 0.197. The molecule has 1 saturated carbocycles. The van der Waals surface area contributed by atoms with Crippen LogP contribution in [0.2, 0.25) is 0 Å². The highest BCUT2D eigenvalue weighted by Crippen LogP contribution is 2.27. The minimum Gasteiger partial charge on any atom is -0.423 e. The largest absolute Gasteiger partial charge is 0.423 e. The normalized spacial score (nSPS) is 14.5. The fourth-order valence-corrected chi connectivity index (χ4v) is 4.46. The molecular weight excluding hydrogens is 380 g/mol. The number of rotatable bonds is 12. The molecule has 0 aromatic heterocycles. The first-order valence-electron chi connectivity index (χ1n) is 12.5. The van der Waals surface area contributed by atoms with E-state index in [2.05, 4.69) is 37.6 Å². The zero-order valence-corrected chi connectivity index (χ0v) is 19.3. The van der Waals surface area contributed by atoms with E-state index in [0.29, 0.717) is 11.3 Å². The van der Waals surface area contributed by atoms with Crippen molar-refractivity contribution < 1.29 is 9.53 Å². The minimum atomic E-state index is -0.280. The van der Waals surface area contributed by atoms with Crippen molar-refractivity contribution in [3.63, 3.8) is 0 Å². The summed E-state index contributed by atoms with van der Waals surface area (Å²) in [5.74, 6) is 1.21. The van der Waals surface area contributed by atoms with E-state index < -0.39 is 0 Å². The summed E-state index contributed by atoms with van der Waals surface area (Å²) in [5, 5.41) is 0. The zero-order chi connectivity index (χ0) is 21.7. The fourth-order valence-electron chi connectivity index (χ4n) is 4.46. The third-order valence-corrected chi connectivity index (χ3v) is 6.54. The second-order valence-electron chi connectivity index (χ2n) is 9.10. The summed E-state index contributed by atoms with van der Waals surface area (Å²) in [6.45, 7) is 2.25. The van der Waals surface area contributed by atoms with Gasteiger partial charge in [-0.15, -0.1) is 0 Å². The summed E-state index contributed by atoms with van der Waals surface area (Å²) in [7, 11) is 0. The molecule has 0 atom stereocenters. The van der Waals surface area contributed by atoms with Crippen LogP contribution in [-0.4, -0.2) is 5.97 Å². The van der Waals surface area contributed by atoms with Gasteiger partial charge in [-0.3, -0.25) is 0 Å². The molecule has 167 valence electrons. The van der Waals surface area contributed by atoms with Crippen LogP contribution in [0.1, 0.15) is 99.0 Å². The van der Waals surface area contributed by atoms with E-state index in [1.165, 1.54) is 81.8 Å². The number of hydrogen-bond acceptors (Lipinski definition) is 2. The Bertz CT molecular complexity index is 754. The number of ether oxygens (including phenoxy) is 1. The molecule has 1 aliphatic rings. The highest BCUT2D eigenvalue weighted by molar-refractivity contribution is 5.91. The smallest absolute Gasteiger partial charge is 0.343 e. The Morgan fingerprint density at radius 3 is 2.13 bits per heavy atom. The molecule has 0 bridgehead atoms. The topological polar surface area (TPSA) is 26.3 Å². The highest BCUT2D eigenvalue weighted by Gasteiger charge is 2.13. The highest BCUT2D eigenvalue weighted by atomic mass is 16.5. The Kier molecular flexibility index (Phi) is 10.2. The maximum atomic E-state index is 12.5. The molecule has 0 amide bonds. The molecule has 2 aromatic rings. The van der Waals surface area contributed by atoms with Crippen molar-refractivity contribution >= 4 is 5.97 Å². The summed E-state index contributed by atoms with van der Waals surface area (Å²) in [6.07, 6.45) is 18.9. The first kappa shape index (κ1) is 23.6. The van der Waals surface area contributed by atoms with E-state index in [4.69, 9.17) is 4.74 Å². The van der Waals surface area contributed by atoms with Crippen LogP contribution in [0.4, 0.5) is 0 Å². The van der Waals surface area contributed by atoms with Crippen molar-refractivity contribution in [1.29, 1.82) is 0 Å². The van der Waals surface area contributed by atoms with Gasteiger partial charge in [0.05, 0.1) is 5.56 Å². The van der Waals surface area contributed by atoms with Gasteiger partial charge < -0.3 is 4.74 Å². The summed E-state index contributed by atoms with van der Waals surface area (Å²) in [6, 6.07) is 16.0. The van der Waals surface area contributed by atoms with Crippen LogP contribution in [0.5, 0.6) is 5.75 Å². The molecule has 0 saturated heterocycles. The molecule has 2 aromatic carbocycles. The van der Waals surface area contributed by atoms with Gasteiger partial charge in [0.1, 0.15) is 5.75 Å². The van der Waals surface area contributed by atoms with Gasteiger partial charge in [-0.05, 0) is 86.3 Å². The van der Waals surface area contributed by atoms with Crippen LogP contribution in [-0.2, 0) is 12.8 Å². The molecular formula is C29H39O2. The predicted octanol–water partition coefficient (Wildman–Crippen LogP) is 8.14. The number of aryl methyl sites for hydroxylation is 2. The van der Waals surface area contributed by atoms with E-state index >= 15 is 0 Å². The summed E-state index contributed by atoms with van der Waals surface area (Å²) in [5.41, 5.74) is 3.24. The van der Waals surface area contributed by atoms with E-state index in [-0.39, 0.29) is 5.97 Å². The summed E-state index contributed by atoms with van der Waals surface area (Å²) < 4.78 is 5.58. The molecule has 1 radical (unpaired) electrons. The van der Waals surface area contributed by atoms with Gasteiger partial charge in [-0.1, -0.05) is 76.1 Å². The van der Waals surface area contributed by atoms with E-state index in [1.54, 1.807) is 0 Å². The molecule has 2 nitrogen and oxygen atoms in total. The Labute approximate surface area is 189 Å². The lowest BCUT2D eigenvalue weighted by Crippen LogP contribution is -2.09. The van der Waals surface area contributed by atoms with Gasteiger partial charge in [0, 0.05) is 0 Å². The van der Waals surface area contributed by atoms with Gasteiger partial charge in [0.25, 0.3) is 0 Å². The first-order chi connectivity index (χ1) is 15.2. The lowest BCUT2D eigenvalue weighted by molar-refractivity contribution is 0.0734. The molecule has 0 heterocycles. The summed E-state index contributed by atoms with van der Waals surface area (Å²) in [4.78, 5) is 12.5. The van der Waals surface area contributed by atoms with Crippen molar-refractivity contribution in [2.45, 2.75) is 90.4 Å². The van der Waals surface area contributed by atoms with E-state index in [0.717, 1.165) is 18.8 Å². The second-order valence-corrected chi connectivity index (χ2v) is 9.10. The Balaban J connectivity index is 1.39. The molecule has 0 unspecified atom stereocenters. The van der Waals surface area contributed by atoms with E-state index in [9.17, 15) is 4.79 Å². The van der Waals surface area contributed by atoms with Crippen molar-refractivity contribution in [2.24, 2.45) is 5.92 Å². The second kappa shape index (κ2) is 13.3. The van der Waals surface area contributed by atoms with Gasteiger partial charge in [0.15, 0.2) is 0 Å². The third-order valence-electron chi connectivity index (χ3n) is 6.54. The zero-order valence-electron chi connectivity index (χ0n) is 19.3. The lowest BCUT2D eigenvalue weighted by atomic mass is 9.85. The average molecular weight is 420 g/mol. The van der Waals surface area contributed by atoms with Crippen molar-refractivity contribution in [3.05, 3.63) is 71.6 Å². The van der Waals surface area contributed by atoms with Crippen LogP contribution < -0.4 is 4.74 Å². The number of benzene rings is 2. The number of esters is 1. The first-order valence-corrected chi connectivity index (χ1v) is 12.5. The summed E-state index contributed by atoms with van der Waals surface area (Å²) >= 11 is 0. The SMILES string of the molecule is CCCCCCCCc1ccc(C(=O)Oc2ccc(CCC3CC[CH]CC3)cc2)cc1. The molecule has 2 heteroatoms. The molecule has 31 heavy (non-hydrogen) atoms. The molecule has 0 spiro atoms. The Morgan fingerprint density at radius 1 is 0.806 bits per heavy atom. The molecule has 1 aliphatic carbocycles. The van der Waals surface area contributed by atoms with Crippen molar-refractivity contribution in [1.82, 2.24) is 0 Å². The van der Waals surface area contributed by atoms with Gasteiger partial charge in [-0.2, -0.15) is 0 Å². The fraction of sp³-hybridized carbons (Fsp3) is 0.517. The molecule has 0 aliphatic heterocycles. The van der Waals surface area contributed by atoms with Crippen molar-refractivity contribution in [3.8, 4) is 5.75 Å². The van der Waals surface area contributed by atoms with Gasteiger partial charge in [-0.25, -0.2) is 4.79 Å². The third kappa shape index (κ3) is 8.51. The Hall–Kier alpha value is -2.09. The van der Waals surface area contributed by atoms with Crippen LogP contribution in [0.15, 0.2) is 48.5 Å². The van der Waals surface area contributed by atoms with Gasteiger partial charge in [0.2, 0.25) is 0 Å². The predicted molar refractivity (Wildman–Crippen MR) is 130 cm³/mol. The number of carbonyl (C=O) groups excluding carboxylic acids is 1. The molecule has 0 N–H and O–H groups in total.